The Morgan fingerprint density at radius 3 is 2.15 bits per heavy atom. The smallest absolute Gasteiger partial charge is 0.337 e. The number of aromatic carboxylic acids is 1. The van der Waals surface area contributed by atoms with Gasteiger partial charge in [-0.05, 0) is 24.3 Å². The summed E-state index contributed by atoms with van der Waals surface area (Å²) in [7, 11) is 1.52. The first-order valence-electron chi connectivity index (χ1n) is 5.87. The average molecular weight is 290 g/mol. The molecule has 0 heterocycles. The molecule has 2 rings (SSSR count). The summed E-state index contributed by atoms with van der Waals surface area (Å²) in [5.41, 5.74) is 0.720. The maximum absolute atomic E-state index is 12.4. The van der Waals surface area contributed by atoms with E-state index >= 15 is 0 Å². The molecular formula is C15H12ClNO3. The third-order valence-corrected chi connectivity index (χ3v) is 3.23. The molecule has 5 heteroatoms. The highest BCUT2D eigenvalue weighted by molar-refractivity contribution is 6.34. The molecule has 0 bridgehead atoms. The normalized spacial score (nSPS) is 10.1. The van der Waals surface area contributed by atoms with E-state index in [1.807, 2.05) is 0 Å². The topological polar surface area (TPSA) is 57.6 Å². The lowest BCUT2D eigenvalue weighted by molar-refractivity contribution is 0.0697. The fourth-order valence-electron chi connectivity index (χ4n) is 1.87. The number of para-hydroxylation sites is 1. The van der Waals surface area contributed by atoms with E-state index < -0.39 is 5.97 Å². The first kappa shape index (κ1) is 14.1. The number of anilines is 1. The van der Waals surface area contributed by atoms with Crippen LogP contribution in [0.3, 0.4) is 0 Å². The van der Waals surface area contributed by atoms with Crippen molar-refractivity contribution in [2.75, 3.05) is 11.9 Å². The highest BCUT2D eigenvalue weighted by atomic mass is 35.5. The number of amides is 1. The summed E-state index contributed by atoms with van der Waals surface area (Å²) in [6.07, 6.45) is 0. The maximum atomic E-state index is 12.4. The van der Waals surface area contributed by atoms with Crippen molar-refractivity contribution in [3.63, 3.8) is 0 Å². The van der Waals surface area contributed by atoms with Gasteiger partial charge in [0.15, 0.2) is 0 Å². The van der Waals surface area contributed by atoms with Gasteiger partial charge in [-0.25, -0.2) is 4.79 Å². The molecule has 1 amide bonds. The zero-order valence-electron chi connectivity index (χ0n) is 10.7. The predicted octanol–water partition coefficient (Wildman–Crippen LogP) is 3.31. The van der Waals surface area contributed by atoms with Gasteiger partial charge in [0.1, 0.15) is 0 Å². The van der Waals surface area contributed by atoms with E-state index in [0.29, 0.717) is 16.3 Å². The van der Waals surface area contributed by atoms with Crippen LogP contribution in [0.4, 0.5) is 5.69 Å². The molecule has 0 atom stereocenters. The van der Waals surface area contributed by atoms with Crippen LogP contribution >= 0.6 is 11.6 Å². The molecule has 0 aliphatic rings. The summed E-state index contributed by atoms with van der Waals surface area (Å²) in [4.78, 5) is 24.9. The molecule has 2 aromatic carbocycles. The standard InChI is InChI=1S/C15H12ClNO3/c1-17(13-9-5-3-7-11(13)15(19)20)14(18)10-6-2-4-8-12(10)16/h2-9H,1H3,(H,19,20). The van der Waals surface area contributed by atoms with E-state index in [4.69, 9.17) is 16.7 Å². The van der Waals surface area contributed by atoms with Gasteiger partial charge in [-0.2, -0.15) is 0 Å². The second-order valence-corrected chi connectivity index (χ2v) is 4.57. The number of carbonyl (C=O) groups excluding carboxylic acids is 1. The summed E-state index contributed by atoms with van der Waals surface area (Å²) in [5, 5.41) is 9.49. The van der Waals surface area contributed by atoms with Crippen LogP contribution in [0.25, 0.3) is 0 Å². The van der Waals surface area contributed by atoms with Gasteiger partial charge in [0.25, 0.3) is 5.91 Å². The average Bonchev–Trinajstić information content (AvgIpc) is 2.46. The fourth-order valence-corrected chi connectivity index (χ4v) is 2.09. The quantitative estimate of drug-likeness (QED) is 0.943. The summed E-state index contributed by atoms with van der Waals surface area (Å²) in [6, 6.07) is 13.0. The lowest BCUT2D eigenvalue weighted by atomic mass is 10.1. The zero-order chi connectivity index (χ0) is 14.7. The molecule has 0 unspecified atom stereocenters. The lowest BCUT2D eigenvalue weighted by Gasteiger charge is -2.19. The molecule has 20 heavy (non-hydrogen) atoms. The predicted molar refractivity (Wildman–Crippen MR) is 77.6 cm³/mol. The van der Waals surface area contributed by atoms with Crippen LogP contribution in [-0.4, -0.2) is 24.0 Å². The molecule has 0 spiro atoms. The summed E-state index contributed by atoms with van der Waals surface area (Å²) < 4.78 is 0. The summed E-state index contributed by atoms with van der Waals surface area (Å²) in [5.74, 6) is -1.44. The van der Waals surface area contributed by atoms with Crippen molar-refractivity contribution in [1.29, 1.82) is 0 Å². The number of carboxylic acids is 1. The number of benzene rings is 2. The Hall–Kier alpha value is -2.33. The fraction of sp³-hybridized carbons (Fsp3) is 0.0667. The Bertz CT molecular complexity index is 670. The van der Waals surface area contributed by atoms with E-state index in [-0.39, 0.29) is 11.5 Å². The molecule has 0 saturated heterocycles. The Morgan fingerprint density at radius 1 is 1.00 bits per heavy atom. The molecule has 4 nitrogen and oxygen atoms in total. The van der Waals surface area contributed by atoms with Gasteiger partial charge >= 0.3 is 5.97 Å². The molecule has 102 valence electrons. The van der Waals surface area contributed by atoms with Crippen molar-refractivity contribution in [1.82, 2.24) is 0 Å². The van der Waals surface area contributed by atoms with E-state index in [1.165, 1.54) is 18.0 Å². The van der Waals surface area contributed by atoms with Crippen molar-refractivity contribution in [2.24, 2.45) is 0 Å². The van der Waals surface area contributed by atoms with Gasteiger partial charge in [0.2, 0.25) is 0 Å². The Morgan fingerprint density at radius 2 is 1.55 bits per heavy atom. The van der Waals surface area contributed by atoms with Crippen LogP contribution in [0.5, 0.6) is 0 Å². The van der Waals surface area contributed by atoms with Crippen molar-refractivity contribution < 1.29 is 14.7 Å². The molecule has 0 aliphatic carbocycles. The first-order chi connectivity index (χ1) is 9.52. The monoisotopic (exact) mass is 289 g/mol. The second-order valence-electron chi connectivity index (χ2n) is 4.17. The Balaban J connectivity index is 2.42. The van der Waals surface area contributed by atoms with E-state index in [9.17, 15) is 9.59 Å². The molecule has 0 aliphatic heterocycles. The van der Waals surface area contributed by atoms with Gasteiger partial charge < -0.3 is 10.0 Å². The van der Waals surface area contributed by atoms with Gasteiger partial charge in [-0.15, -0.1) is 0 Å². The Kier molecular flexibility index (Phi) is 4.05. The number of carboxylic acid groups (broad SMARTS) is 1. The minimum atomic E-state index is -1.08. The first-order valence-corrected chi connectivity index (χ1v) is 6.25. The molecule has 2 aromatic rings. The summed E-state index contributed by atoms with van der Waals surface area (Å²) in [6.45, 7) is 0. The largest absolute Gasteiger partial charge is 0.478 e. The molecular weight excluding hydrogens is 278 g/mol. The zero-order valence-corrected chi connectivity index (χ0v) is 11.5. The number of nitrogens with zero attached hydrogens (tertiary/aromatic N) is 1. The highest BCUT2D eigenvalue weighted by Gasteiger charge is 2.20. The van der Waals surface area contributed by atoms with Crippen molar-refractivity contribution in [3.8, 4) is 0 Å². The minimum absolute atomic E-state index is 0.0652. The minimum Gasteiger partial charge on any atom is -0.478 e. The molecule has 0 aromatic heterocycles. The maximum Gasteiger partial charge on any atom is 0.337 e. The third-order valence-electron chi connectivity index (χ3n) is 2.90. The molecule has 1 N–H and O–H groups in total. The van der Waals surface area contributed by atoms with Crippen LogP contribution in [0.15, 0.2) is 48.5 Å². The van der Waals surface area contributed by atoms with Crippen molar-refractivity contribution >= 4 is 29.2 Å². The van der Waals surface area contributed by atoms with Crippen LogP contribution in [0, 0.1) is 0 Å². The molecule has 0 radical (unpaired) electrons. The molecule has 0 fully saturated rings. The van der Waals surface area contributed by atoms with Crippen molar-refractivity contribution in [3.05, 3.63) is 64.7 Å². The number of rotatable bonds is 3. The van der Waals surface area contributed by atoms with E-state index in [0.717, 1.165) is 0 Å². The van der Waals surface area contributed by atoms with Crippen LogP contribution in [0.2, 0.25) is 5.02 Å². The van der Waals surface area contributed by atoms with Gasteiger partial charge in [-0.3, -0.25) is 4.79 Å². The highest BCUT2D eigenvalue weighted by Crippen LogP contribution is 2.23. The number of hydrogen-bond acceptors (Lipinski definition) is 2. The molecule has 0 saturated carbocycles. The number of carbonyl (C=O) groups is 2. The van der Waals surface area contributed by atoms with Crippen LogP contribution < -0.4 is 4.90 Å². The Labute approximate surface area is 121 Å². The van der Waals surface area contributed by atoms with Gasteiger partial charge in [0.05, 0.1) is 21.8 Å². The SMILES string of the molecule is CN(C(=O)c1ccccc1Cl)c1ccccc1C(=O)O. The van der Waals surface area contributed by atoms with E-state index in [2.05, 4.69) is 0 Å². The van der Waals surface area contributed by atoms with E-state index in [1.54, 1.807) is 42.5 Å². The third kappa shape index (κ3) is 2.65. The summed E-state index contributed by atoms with van der Waals surface area (Å²) >= 11 is 5.99. The number of hydrogen-bond donors (Lipinski definition) is 1. The van der Waals surface area contributed by atoms with Gasteiger partial charge in [0, 0.05) is 7.05 Å². The van der Waals surface area contributed by atoms with Crippen LogP contribution in [0.1, 0.15) is 20.7 Å². The second kappa shape index (κ2) is 5.75. The van der Waals surface area contributed by atoms with Crippen LogP contribution in [-0.2, 0) is 0 Å². The van der Waals surface area contributed by atoms with Crippen molar-refractivity contribution in [2.45, 2.75) is 0 Å². The van der Waals surface area contributed by atoms with Gasteiger partial charge in [-0.1, -0.05) is 35.9 Å². The lowest BCUT2D eigenvalue weighted by Crippen LogP contribution is -2.28. The number of halogens is 1.